The van der Waals surface area contributed by atoms with Gasteiger partial charge in [-0.3, -0.25) is 14.9 Å². The van der Waals surface area contributed by atoms with Crippen molar-refractivity contribution in [1.29, 1.82) is 0 Å². The molecule has 0 fully saturated rings. The maximum atomic E-state index is 12.7. The van der Waals surface area contributed by atoms with Gasteiger partial charge < -0.3 is 19.5 Å². The van der Waals surface area contributed by atoms with E-state index in [1.54, 1.807) is 19.1 Å². The average molecular weight is 389 g/mol. The van der Waals surface area contributed by atoms with Gasteiger partial charge in [0.1, 0.15) is 12.0 Å². The number of amides is 1. The first-order valence-electron chi connectivity index (χ1n) is 8.90. The van der Waals surface area contributed by atoms with Gasteiger partial charge in [-0.1, -0.05) is 0 Å². The van der Waals surface area contributed by atoms with E-state index in [2.05, 4.69) is 10.3 Å². The lowest BCUT2D eigenvalue weighted by molar-refractivity contribution is -0.385. The summed E-state index contributed by atoms with van der Waals surface area (Å²) in [7, 11) is 0. The zero-order valence-corrected chi connectivity index (χ0v) is 16.3. The standard InChI is InChI=1S/C19H23N3O6/c1-5-26-15-9-13(10-16(27-6-2)17(15)28-7-3)19(23)21-18-12(4)8-14(11-20-18)22(24)25/h8-11H,5-7H2,1-4H3,(H,20,21,23). The Bertz CT molecular complexity index is 842. The Kier molecular flexibility index (Phi) is 7.14. The quantitative estimate of drug-likeness (QED) is 0.513. The second-order valence-corrected chi connectivity index (χ2v) is 5.67. The Labute approximate surface area is 162 Å². The molecule has 0 radical (unpaired) electrons. The van der Waals surface area contributed by atoms with E-state index in [9.17, 15) is 14.9 Å². The van der Waals surface area contributed by atoms with Crippen molar-refractivity contribution in [2.75, 3.05) is 25.1 Å². The number of hydrogen-bond donors (Lipinski definition) is 1. The maximum absolute atomic E-state index is 12.7. The normalized spacial score (nSPS) is 10.3. The Morgan fingerprint density at radius 3 is 2.11 bits per heavy atom. The lowest BCUT2D eigenvalue weighted by atomic mass is 10.1. The molecule has 1 N–H and O–H groups in total. The van der Waals surface area contributed by atoms with Gasteiger partial charge in [0.15, 0.2) is 11.5 Å². The van der Waals surface area contributed by atoms with Crippen LogP contribution in [0.1, 0.15) is 36.7 Å². The minimum absolute atomic E-state index is 0.145. The number of aryl methyl sites for hydroxylation is 1. The van der Waals surface area contributed by atoms with Crippen molar-refractivity contribution < 1.29 is 23.9 Å². The van der Waals surface area contributed by atoms with Gasteiger partial charge in [-0.15, -0.1) is 0 Å². The molecule has 150 valence electrons. The van der Waals surface area contributed by atoms with Crippen molar-refractivity contribution >= 4 is 17.4 Å². The first-order valence-corrected chi connectivity index (χ1v) is 8.90. The first-order chi connectivity index (χ1) is 13.4. The molecule has 28 heavy (non-hydrogen) atoms. The van der Waals surface area contributed by atoms with E-state index in [-0.39, 0.29) is 17.1 Å². The molecule has 2 rings (SSSR count). The van der Waals surface area contributed by atoms with Gasteiger partial charge in [0.2, 0.25) is 5.75 Å². The van der Waals surface area contributed by atoms with Crippen LogP contribution in [0.3, 0.4) is 0 Å². The van der Waals surface area contributed by atoms with Crippen LogP contribution in [-0.2, 0) is 0 Å². The number of hydrogen-bond acceptors (Lipinski definition) is 7. The minimum atomic E-state index is -0.541. The van der Waals surface area contributed by atoms with Gasteiger partial charge in [-0.25, -0.2) is 4.98 Å². The van der Waals surface area contributed by atoms with Crippen LogP contribution >= 0.6 is 0 Å². The number of rotatable bonds is 9. The number of aromatic nitrogens is 1. The highest BCUT2D eigenvalue weighted by Gasteiger charge is 2.19. The van der Waals surface area contributed by atoms with Gasteiger partial charge in [0, 0.05) is 11.6 Å². The Morgan fingerprint density at radius 1 is 1.07 bits per heavy atom. The zero-order valence-electron chi connectivity index (χ0n) is 16.3. The average Bonchev–Trinajstić information content (AvgIpc) is 2.65. The summed E-state index contributed by atoms with van der Waals surface area (Å²) >= 11 is 0. The number of carbonyl (C=O) groups excluding carboxylic acids is 1. The molecular weight excluding hydrogens is 366 g/mol. The summed E-state index contributed by atoms with van der Waals surface area (Å²) in [6.45, 7) is 8.32. The van der Waals surface area contributed by atoms with Gasteiger partial charge >= 0.3 is 0 Å². The fraction of sp³-hybridized carbons (Fsp3) is 0.368. The maximum Gasteiger partial charge on any atom is 0.287 e. The number of ether oxygens (including phenoxy) is 3. The van der Waals surface area contributed by atoms with Crippen molar-refractivity contribution in [3.63, 3.8) is 0 Å². The molecule has 1 aromatic carbocycles. The summed E-state index contributed by atoms with van der Waals surface area (Å²) in [5, 5.41) is 13.5. The van der Waals surface area contributed by atoms with Crippen LogP contribution in [0.4, 0.5) is 11.5 Å². The summed E-state index contributed by atoms with van der Waals surface area (Å²) < 4.78 is 16.8. The van der Waals surface area contributed by atoms with E-state index in [0.717, 1.165) is 6.20 Å². The monoisotopic (exact) mass is 389 g/mol. The van der Waals surface area contributed by atoms with E-state index < -0.39 is 10.8 Å². The summed E-state index contributed by atoms with van der Waals surface area (Å²) in [4.78, 5) is 27.0. The van der Waals surface area contributed by atoms with Crippen molar-refractivity contribution in [2.45, 2.75) is 27.7 Å². The van der Waals surface area contributed by atoms with E-state index in [1.807, 2.05) is 20.8 Å². The van der Waals surface area contributed by atoms with Crippen molar-refractivity contribution in [2.24, 2.45) is 0 Å². The number of benzene rings is 1. The largest absolute Gasteiger partial charge is 0.490 e. The van der Waals surface area contributed by atoms with Crippen molar-refractivity contribution in [3.05, 3.63) is 45.6 Å². The molecule has 2 aromatic rings. The summed E-state index contributed by atoms with van der Waals surface area (Å²) in [6, 6.07) is 4.47. The fourth-order valence-corrected chi connectivity index (χ4v) is 2.49. The number of carbonyl (C=O) groups is 1. The highest BCUT2D eigenvalue weighted by molar-refractivity contribution is 6.05. The van der Waals surface area contributed by atoms with E-state index >= 15 is 0 Å². The third-order valence-electron chi connectivity index (χ3n) is 3.68. The number of nitrogens with one attached hydrogen (secondary N) is 1. The second kappa shape index (κ2) is 9.54. The van der Waals surface area contributed by atoms with E-state index in [1.165, 1.54) is 6.07 Å². The van der Waals surface area contributed by atoms with Crippen LogP contribution in [0.25, 0.3) is 0 Å². The van der Waals surface area contributed by atoms with Gasteiger partial charge in [0.25, 0.3) is 11.6 Å². The van der Waals surface area contributed by atoms with Gasteiger partial charge in [0.05, 0.1) is 24.7 Å². The fourth-order valence-electron chi connectivity index (χ4n) is 2.49. The van der Waals surface area contributed by atoms with E-state index in [4.69, 9.17) is 14.2 Å². The molecule has 9 heteroatoms. The SMILES string of the molecule is CCOc1cc(C(=O)Nc2ncc([N+](=O)[O-])cc2C)cc(OCC)c1OCC. The summed E-state index contributed by atoms with van der Waals surface area (Å²) in [5.74, 6) is 1.02. The highest BCUT2D eigenvalue weighted by atomic mass is 16.6. The van der Waals surface area contributed by atoms with Crippen LogP contribution in [0.2, 0.25) is 0 Å². The molecule has 0 aliphatic rings. The van der Waals surface area contributed by atoms with Gasteiger partial charge in [-0.05, 0) is 45.4 Å². The lowest BCUT2D eigenvalue weighted by Gasteiger charge is -2.17. The lowest BCUT2D eigenvalue weighted by Crippen LogP contribution is -2.15. The van der Waals surface area contributed by atoms with Crippen LogP contribution in [0, 0.1) is 17.0 Å². The third kappa shape index (κ3) is 4.87. The van der Waals surface area contributed by atoms with Crippen LogP contribution in [0.5, 0.6) is 17.2 Å². The molecule has 0 spiro atoms. The molecule has 0 saturated heterocycles. The predicted octanol–water partition coefficient (Wildman–Crippen LogP) is 3.75. The molecule has 1 heterocycles. The number of nitro groups is 1. The summed E-state index contributed by atoms with van der Waals surface area (Å²) in [5.41, 5.74) is 0.618. The van der Waals surface area contributed by atoms with Crippen molar-refractivity contribution in [1.82, 2.24) is 4.98 Å². The molecule has 1 amide bonds. The van der Waals surface area contributed by atoms with E-state index in [0.29, 0.717) is 42.6 Å². The van der Waals surface area contributed by atoms with Crippen LogP contribution < -0.4 is 19.5 Å². The molecule has 0 saturated carbocycles. The molecule has 0 unspecified atom stereocenters. The van der Waals surface area contributed by atoms with Gasteiger partial charge in [-0.2, -0.15) is 0 Å². The van der Waals surface area contributed by atoms with Crippen LogP contribution in [0.15, 0.2) is 24.4 Å². The topological polar surface area (TPSA) is 113 Å². The zero-order chi connectivity index (χ0) is 20.7. The predicted molar refractivity (Wildman–Crippen MR) is 104 cm³/mol. The second-order valence-electron chi connectivity index (χ2n) is 5.67. The Hall–Kier alpha value is -3.36. The third-order valence-corrected chi connectivity index (χ3v) is 3.68. The smallest absolute Gasteiger partial charge is 0.287 e. The number of nitrogens with zero attached hydrogens (tertiary/aromatic N) is 2. The minimum Gasteiger partial charge on any atom is -0.490 e. The molecule has 1 aromatic heterocycles. The molecule has 0 aliphatic carbocycles. The molecule has 0 aliphatic heterocycles. The molecule has 0 bridgehead atoms. The first kappa shape index (κ1) is 20.9. The number of anilines is 1. The highest BCUT2D eigenvalue weighted by Crippen LogP contribution is 2.39. The number of pyridine rings is 1. The molecule has 0 atom stereocenters. The molecular formula is C19H23N3O6. The Balaban J connectivity index is 2.37. The van der Waals surface area contributed by atoms with Crippen LogP contribution in [-0.4, -0.2) is 35.6 Å². The van der Waals surface area contributed by atoms with Crippen molar-refractivity contribution in [3.8, 4) is 17.2 Å². The Morgan fingerprint density at radius 2 is 1.64 bits per heavy atom. The summed E-state index contributed by atoms with van der Waals surface area (Å²) in [6.07, 6.45) is 1.10. The molecule has 9 nitrogen and oxygen atoms in total.